The van der Waals surface area contributed by atoms with Crippen molar-refractivity contribution in [1.82, 2.24) is 9.97 Å². The zero-order chi connectivity index (χ0) is 22.2. The molecule has 9 heteroatoms. The second kappa shape index (κ2) is 8.10. The molecular formula is C21H19ClF4N4. The minimum atomic E-state index is -4.51. The molecule has 1 aliphatic heterocycles. The van der Waals surface area contributed by atoms with E-state index in [1.807, 2.05) is 0 Å². The summed E-state index contributed by atoms with van der Waals surface area (Å²) >= 11 is 5.99. The van der Waals surface area contributed by atoms with Crippen LogP contribution in [-0.4, -0.2) is 23.1 Å². The highest BCUT2D eigenvalue weighted by molar-refractivity contribution is 6.33. The maximum atomic E-state index is 14.8. The first-order chi connectivity index (χ1) is 14.0. The van der Waals surface area contributed by atoms with E-state index in [-0.39, 0.29) is 28.8 Å². The Morgan fingerprint density at radius 1 is 1.30 bits per heavy atom. The van der Waals surface area contributed by atoms with Crippen molar-refractivity contribution in [2.75, 3.05) is 23.7 Å². The number of benzene rings is 1. The van der Waals surface area contributed by atoms with Gasteiger partial charge in [0.05, 0.1) is 16.3 Å². The highest BCUT2D eigenvalue weighted by Crippen LogP contribution is 2.38. The van der Waals surface area contributed by atoms with Gasteiger partial charge in [0.25, 0.3) is 0 Å². The normalized spacial score (nSPS) is 16.6. The zero-order valence-corrected chi connectivity index (χ0v) is 16.9. The van der Waals surface area contributed by atoms with Crippen LogP contribution in [0.4, 0.5) is 29.2 Å². The summed E-state index contributed by atoms with van der Waals surface area (Å²) in [4.78, 5) is 9.43. The van der Waals surface area contributed by atoms with Crippen LogP contribution < -0.4 is 10.6 Å². The standard InChI is InChI=1S/C21H19ClF4N4/c1-4-14-18(17(23)7-16(22)19(14)27)12(3)15-10-30(6-5-11(15)2)20-28-8-13(9-29-20)21(24,25)26/h4,7-9H,1-2,5-6,10,27H2,3H3/b15-12+. The Bertz CT molecular complexity index is 1040. The van der Waals surface area contributed by atoms with Crippen molar-refractivity contribution in [3.05, 3.63) is 70.3 Å². The van der Waals surface area contributed by atoms with Crippen molar-refractivity contribution >= 4 is 34.9 Å². The van der Waals surface area contributed by atoms with Crippen LogP contribution in [0.3, 0.4) is 0 Å². The third-order valence-electron chi connectivity index (χ3n) is 5.05. The number of nitrogen functional groups attached to an aromatic ring is 1. The fraction of sp³-hybridized carbons (Fsp3) is 0.238. The van der Waals surface area contributed by atoms with Gasteiger partial charge in [-0.3, -0.25) is 0 Å². The lowest BCUT2D eigenvalue weighted by molar-refractivity contribution is -0.138. The zero-order valence-electron chi connectivity index (χ0n) is 16.2. The Balaban J connectivity index is 2.02. The molecule has 1 saturated heterocycles. The SMILES string of the molecule is C=Cc1c(N)c(Cl)cc(F)c1/C(C)=C1\CN(c2ncc(C(F)(F)F)cn2)CCC1=C. The van der Waals surface area contributed by atoms with E-state index in [9.17, 15) is 17.6 Å². The molecule has 2 aromatic rings. The second-order valence-electron chi connectivity index (χ2n) is 6.89. The number of alkyl halides is 3. The largest absolute Gasteiger partial charge is 0.419 e. The lowest BCUT2D eigenvalue weighted by atomic mass is 9.89. The lowest BCUT2D eigenvalue weighted by Crippen LogP contribution is -2.34. The van der Waals surface area contributed by atoms with Crippen molar-refractivity contribution in [1.29, 1.82) is 0 Å². The van der Waals surface area contributed by atoms with E-state index >= 15 is 0 Å². The molecule has 1 aromatic carbocycles. The number of halogens is 5. The number of nitrogens with zero attached hydrogens (tertiary/aromatic N) is 3. The average Bonchev–Trinajstić information content (AvgIpc) is 2.69. The molecule has 1 aromatic heterocycles. The van der Waals surface area contributed by atoms with Gasteiger partial charge in [-0.2, -0.15) is 13.2 Å². The highest BCUT2D eigenvalue weighted by Gasteiger charge is 2.32. The first-order valence-electron chi connectivity index (χ1n) is 8.97. The monoisotopic (exact) mass is 438 g/mol. The van der Waals surface area contributed by atoms with Crippen molar-refractivity contribution in [2.24, 2.45) is 0 Å². The quantitative estimate of drug-likeness (QED) is 0.489. The fourth-order valence-electron chi connectivity index (χ4n) is 3.39. The molecule has 2 N–H and O–H groups in total. The van der Waals surface area contributed by atoms with Gasteiger partial charge in [-0.25, -0.2) is 14.4 Å². The summed E-state index contributed by atoms with van der Waals surface area (Å²) < 4.78 is 53.1. The molecule has 2 heterocycles. The Morgan fingerprint density at radius 2 is 1.93 bits per heavy atom. The number of rotatable bonds is 3. The van der Waals surface area contributed by atoms with Gasteiger partial charge in [-0.05, 0) is 36.1 Å². The molecule has 1 aliphatic rings. The molecule has 0 radical (unpaired) electrons. The van der Waals surface area contributed by atoms with Crippen molar-refractivity contribution < 1.29 is 17.6 Å². The molecule has 0 unspecified atom stereocenters. The first kappa shape index (κ1) is 21.8. The Morgan fingerprint density at radius 3 is 2.50 bits per heavy atom. The third-order valence-corrected chi connectivity index (χ3v) is 5.36. The molecule has 0 saturated carbocycles. The van der Waals surface area contributed by atoms with Gasteiger partial charge in [0, 0.05) is 36.6 Å². The van der Waals surface area contributed by atoms with Crippen LogP contribution in [0.1, 0.15) is 30.0 Å². The molecule has 0 atom stereocenters. The molecule has 0 bridgehead atoms. The van der Waals surface area contributed by atoms with Gasteiger partial charge in [0.15, 0.2) is 0 Å². The summed E-state index contributed by atoms with van der Waals surface area (Å²) in [5.74, 6) is -0.398. The van der Waals surface area contributed by atoms with Gasteiger partial charge in [0.2, 0.25) is 5.95 Å². The smallest absolute Gasteiger partial charge is 0.397 e. The number of anilines is 2. The maximum Gasteiger partial charge on any atom is 0.419 e. The Kier molecular flexibility index (Phi) is 5.90. The average molecular weight is 439 g/mol. The van der Waals surface area contributed by atoms with Crippen LogP contribution in [0.5, 0.6) is 0 Å². The topological polar surface area (TPSA) is 55.0 Å². The second-order valence-corrected chi connectivity index (χ2v) is 7.30. The summed E-state index contributed by atoms with van der Waals surface area (Å²) in [6, 6.07) is 1.14. The van der Waals surface area contributed by atoms with Gasteiger partial charge in [-0.1, -0.05) is 30.8 Å². The van der Waals surface area contributed by atoms with Crippen LogP contribution in [-0.2, 0) is 6.18 Å². The number of hydrogen-bond donors (Lipinski definition) is 1. The molecule has 0 aliphatic carbocycles. The summed E-state index contributed by atoms with van der Waals surface area (Å²) in [6.45, 7) is 10.2. The molecule has 4 nitrogen and oxygen atoms in total. The summed E-state index contributed by atoms with van der Waals surface area (Å²) in [5.41, 5.74) is 8.04. The summed E-state index contributed by atoms with van der Waals surface area (Å²) in [7, 11) is 0. The van der Waals surface area contributed by atoms with E-state index in [2.05, 4.69) is 23.1 Å². The van der Waals surface area contributed by atoms with Crippen LogP contribution in [0.15, 0.2) is 42.8 Å². The van der Waals surface area contributed by atoms with E-state index in [0.717, 1.165) is 29.6 Å². The van der Waals surface area contributed by atoms with Crippen LogP contribution in [0.25, 0.3) is 11.6 Å². The van der Waals surface area contributed by atoms with Crippen LogP contribution >= 0.6 is 11.6 Å². The van der Waals surface area contributed by atoms with E-state index in [1.165, 1.54) is 6.08 Å². The van der Waals surface area contributed by atoms with Crippen LogP contribution in [0.2, 0.25) is 5.02 Å². The highest BCUT2D eigenvalue weighted by atomic mass is 35.5. The van der Waals surface area contributed by atoms with Gasteiger partial charge >= 0.3 is 6.18 Å². The molecule has 0 amide bonds. The Labute approximate surface area is 176 Å². The molecule has 0 spiro atoms. The molecular weight excluding hydrogens is 420 g/mol. The van der Waals surface area contributed by atoms with Crippen molar-refractivity contribution in [2.45, 2.75) is 19.5 Å². The van der Waals surface area contributed by atoms with E-state index in [1.54, 1.807) is 11.8 Å². The van der Waals surface area contributed by atoms with Gasteiger partial charge in [-0.15, -0.1) is 0 Å². The number of piperidine rings is 1. The molecule has 1 fully saturated rings. The molecule has 158 valence electrons. The van der Waals surface area contributed by atoms with E-state index < -0.39 is 17.6 Å². The third kappa shape index (κ3) is 4.05. The van der Waals surface area contributed by atoms with Gasteiger partial charge in [0.1, 0.15) is 5.82 Å². The number of nitrogens with two attached hydrogens (primary N) is 1. The number of aromatic nitrogens is 2. The fourth-order valence-corrected chi connectivity index (χ4v) is 3.58. The maximum absolute atomic E-state index is 14.8. The van der Waals surface area contributed by atoms with E-state index in [4.69, 9.17) is 17.3 Å². The summed E-state index contributed by atoms with van der Waals surface area (Å²) in [5, 5.41) is 0.0891. The van der Waals surface area contributed by atoms with Crippen LogP contribution in [0, 0.1) is 5.82 Å². The lowest BCUT2D eigenvalue weighted by Gasteiger charge is -2.32. The first-order valence-corrected chi connectivity index (χ1v) is 9.34. The predicted octanol–water partition coefficient (Wildman–Crippen LogP) is 5.75. The van der Waals surface area contributed by atoms with Crippen molar-refractivity contribution in [3.8, 4) is 0 Å². The van der Waals surface area contributed by atoms with Crippen molar-refractivity contribution in [3.63, 3.8) is 0 Å². The summed E-state index contributed by atoms with van der Waals surface area (Å²) in [6.07, 6.45) is -1.06. The Hall–Kier alpha value is -2.87. The predicted molar refractivity (Wildman–Crippen MR) is 112 cm³/mol. The number of hydrogen-bond acceptors (Lipinski definition) is 4. The molecule has 3 rings (SSSR count). The molecule has 30 heavy (non-hydrogen) atoms. The van der Waals surface area contributed by atoms with E-state index in [0.29, 0.717) is 24.1 Å². The number of allylic oxidation sites excluding steroid dienone is 1. The minimum Gasteiger partial charge on any atom is -0.397 e. The minimum absolute atomic E-state index is 0.0891. The van der Waals surface area contributed by atoms with Gasteiger partial charge < -0.3 is 10.6 Å².